The molecule has 1 aromatic heterocycles. The van der Waals surface area contributed by atoms with Gasteiger partial charge in [-0.2, -0.15) is 15.0 Å². The van der Waals surface area contributed by atoms with Gasteiger partial charge in [-0.1, -0.05) is 37.6 Å². The van der Waals surface area contributed by atoms with Crippen LogP contribution in [0.5, 0.6) is 11.8 Å². The van der Waals surface area contributed by atoms with E-state index in [-0.39, 0.29) is 42.2 Å². The smallest absolute Gasteiger partial charge is 0.322 e. The van der Waals surface area contributed by atoms with Gasteiger partial charge in [0.25, 0.3) is 16.8 Å². The van der Waals surface area contributed by atoms with Crippen LogP contribution in [-0.4, -0.2) is 46.2 Å². The Morgan fingerprint density at radius 2 is 1.64 bits per heavy atom. The Hall–Kier alpha value is -4.71. The number of nitrogens with one attached hydrogen (secondary N) is 4. The van der Waals surface area contributed by atoms with Crippen molar-refractivity contribution in [3.05, 3.63) is 85.1 Å². The van der Waals surface area contributed by atoms with Gasteiger partial charge in [-0.15, -0.1) is 0 Å². The third-order valence-electron chi connectivity index (χ3n) is 7.05. The zero-order valence-corrected chi connectivity index (χ0v) is 24.0. The highest BCUT2D eigenvalue weighted by Crippen LogP contribution is 2.48. The number of aromatic nitrogens is 3. The number of hydrogen-bond acceptors (Lipinski definition) is 11. The highest BCUT2D eigenvalue weighted by molar-refractivity contribution is 6.30. The summed E-state index contributed by atoms with van der Waals surface area (Å²) in [5.41, 5.74) is -0.283. The number of hydrogen-bond donors (Lipinski definition) is 5. The van der Waals surface area contributed by atoms with Gasteiger partial charge in [0.05, 0.1) is 12.6 Å². The average molecular weight is 592 g/mol. The number of anilines is 4. The maximum atomic E-state index is 12.8. The van der Waals surface area contributed by atoms with Gasteiger partial charge >= 0.3 is 6.01 Å². The number of aromatic hydroxyl groups is 1. The highest BCUT2D eigenvalue weighted by atomic mass is 35.5. The molecule has 1 aliphatic rings. The van der Waals surface area contributed by atoms with Crippen LogP contribution in [-0.2, 0) is 5.54 Å². The van der Waals surface area contributed by atoms with Crippen LogP contribution in [0.4, 0.5) is 23.3 Å². The van der Waals surface area contributed by atoms with Crippen molar-refractivity contribution < 1.29 is 14.6 Å². The first-order valence-electron chi connectivity index (χ1n) is 13.2. The van der Waals surface area contributed by atoms with Crippen molar-refractivity contribution in [2.45, 2.75) is 32.2 Å². The minimum absolute atomic E-state index is 0.0882. The maximum Gasteiger partial charge on any atom is 0.322 e. The molecule has 5 N–H and O–H groups in total. The van der Waals surface area contributed by atoms with Crippen molar-refractivity contribution in [3.63, 3.8) is 0 Å². The first kappa shape index (κ1) is 28.8. The Bertz CT molecular complexity index is 1680. The summed E-state index contributed by atoms with van der Waals surface area (Å²) in [6.07, 6.45) is 1.84. The number of carbonyl (C=O) groups is 1. The molecule has 0 atom stereocenters. The van der Waals surface area contributed by atoms with E-state index >= 15 is 0 Å². The van der Waals surface area contributed by atoms with Gasteiger partial charge in [0.1, 0.15) is 5.69 Å². The normalized spacial score (nSPS) is 13.8. The molecule has 42 heavy (non-hydrogen) atoms. The Balaban J connectivity index is 1.19. The summed E-state index contributed by atoms with van der Waals surface area (Å²) in [7, 11) is 1.48. The number of halogens is 1. The van der Waals surface area contributed by atoms with E-state index in [9.17, 15) is 19.5 Å². The molecule has 3 aromatic carbocycles. The van der Waals surface area contributed by atoms with Crippen molar-refractivity contribution in [2.24, 2.45) is 5.41 Å². The minimum Gasteiger partial charge on any atom is -0.502 e. The van der Waals surface area contributed by atoms with E-state index in [0.29, 0.717) is 22.2 Å². The van der Waals surface area contributed by atoms with Crippen molar-refractivity contribution >= 4 is 40.8 Å². The second-order valence-electron chi connectivity index (χ2n) is 11.0. The first-order valence-corrected chi connectivity index (χ1v) is 13.6. The lowest BCUT2D eigenvalue weighted by atomic mass is 9.93. The molecule has 1 aliphatic carbocycles. The largest absolute Gasteiger partial charge is 0.502 e. The molecule has 1 saturated carbocycles. The van der Waals surface area contributed by atoms with Crippen LogP contribution >= 0.6 is 11.6 Å². The van der Waals surface area contributed by atoms with Crippen molar-refractivity contribution in [1.82, 2.24) is 20.3 Å². The third-order valence-corrected chi connectivity index (χ3v) is 7.31. The number of carbonyl (C=O) groups excluding carboxylic acids is 1. The molecule has 4 aromatic rings. The van der Waals surface area contributed by atoms with E-state index in [1.165, 1.54) is 7.11 Å². The molecule has 1 fully saturated rings. The van der Waals surface area contributed by atoms with Crippen molar-refractivity contribution in [3.8, 4) is 11.8 Å². The molecule has 218 valence electrons. The number of ether oxygens (including phenoxy) is 1. The zero-order chi connectivity index (χ0) is 30.1. The predicted octanol–water partition coefficient (Wildman–Crippen LogP) is 3.55. The van der Waals surface area contributed by atoms with Crippen LogP contribution in [0, 0.1) is 5.41 Å². The Morgan fingerprint density at radius 1 is 0.976 bits per heavy atom. The van der Waals surface area contributed by atoms with Gasteiger partial charge in [0.2, 0.25) is 11.9 Å². The minimum atomic E-state index is -0.894. The van der Waals surface area contributed by atoms with E-state index in [2.05, 4.69) is 36.2 Å². The molecule has 0 aliphatic heterocycles. The van der Waals surface area contributed by atoms with Gasteiger partial charge in [-0.3, -0.25) is 14.4 Å². The maximum absolute atomic E-state index is 12.8. The second kappa shape index (κ2) is 11.3. The Labute approximate surface area is 246 Å². The fraction of sp³-hybridized carbons (Fsp3) is 0.310. The molecule has 5 rings (SSSR count). The second-order valence-corrected chi connectivity index (χ2v) is 11.4. The number of nitrogens with zero attached hydrogens (tertiary/aromatic N) is 3. The van der Waals surface area contributed by atoms with Gasteiger partial charge in [-0.25, -0.2) is 0 Å². The molecule has 0 unspecified atom stereocenters. The van der Waals surface area contributed by atoms with E-state index in [1.54, 1.807) is 24.3 Å². The molecular weight excluding hydrogens is 562 g/mol. The van der Waals surface area contributed by atoms with Gasteiger partial charge < -0.3 is 31.1 Å². The Kier molecular flexibility index (Phi) is 7.74. The van der Waals surface area contributed by atoms with E-state index in [1.807, 2.05) is 38.1 Å². The van der Waals surface area contributed by atoms with E-state index < -0.39 is 22.0 Å². The summed E-state index contributed by atoms with van der Waals surface area (Å²) in [6.45, 7) is 4.31. The fourth-order valence-electron chi connectivity index (χ4n) is 4.34. The van der Waals surface area contributed by atoms with Crippen LogP contribution < -0.4 is 36.9 Å². The summed E-state index contributed by atoms with van der Waals surface area (Å²) in [5.74, 6) is -0.196. The molecule has 13 heteroatoms. The molecule has 0 spiro atoms. The van der Waals surface area contributed by atoms with E-state index in [4.69, 9.17) is 16.3 Å². The lowest BCUT2D eigenvalue weighted by molar-refractivity contribution is 0.0938. The molecule has 1 heterocycles. The number of amides is 1. The molecule has 0 bridgehead atoms. The van der Waals surface area contributed by atoms with Gasteiger partial charge in [0.15, 0.2) is 5.75 Å². The molecule has 12 nitrogen and oxygen atoms in total. The standard InChI is InChI=1S/C29H30ClN7O5/c1-28(2,14-31-20-21(38)23(40)22(20)39)15-32-24(41)16-4-10-19(11-5-16)33-25-34-26(36-27(35-25)42-3)37-29(12-13-29)17-6-8-18(30)9-7-17/h4-11,31,38H,12-15H2,1-3H3,(H,32,41)(H2,33,34,35,36,37). The quantitative estimate of drug-likeness (QED) is 0.153. The lowest BCUT2D eigenvalue weighted by Gasteiger charge is -2.26. The summed E-state index contributed by atoms with van der Waals surface area (Å²) in [5, 5.41) is 22.4. The molecular formula is C29H30ClN7O5. The molecule has 1 amide bonds. The van der Waals surface area contributed by atoms with Gasteiger partial charge in [0, 0.05) is 29.4 Å². The van der Waals surface area contributed by atoms with Crippen molar-refractivity contribution in [2.75, 3.05) is 36.1 Å². The summed E-state index contributed by atoms with van der Waals surface area (Å²) in [6, 6.07) is 14.6. The fourth-order valence-corrected chi connectivity index (χ4v) is 4.47. The number of methoxy groups -OCH3 is 1. The summed E-state index contributed by atoms with van der Waals surface area (Å²) in [4.78, 5) is 48.6. The van der Waals surface area contributed by atoms with E-state index in [0.717, 1.165) is 18.4 Å². The third kappa shape index (κ3) is 6.28. The molecule has 0 radical (unpaired) electrons. The summed E-state index contributed by atoms with van der Waals surface area (Å²) < 4.78 is 5.29. The monoisotopic (exact) mass is 591 g/mol. The number of benzene rings is 2. The molecule has 0 saturated heterocycles. The number of rotatable bonds is 12. The van der Waals surface area contributed by atoms with Crippen LogP contribution in [0.1, 0.15) is 42.6 Å². The first-order chi connectivity index (χ1) is 20.0. The van der Waals surface area contributed by atoms with Crippen LogP contribution in [0.25, 0.3) is 0 Å². The van der Waals surface area contributed by atoms with Gasteiger partial charge in [-0.05, 0) is 60.2 Å². The predicted molar refractivity (Wildman–Crippen MR) is 160 cm³/mol. The summed E-state index contributed by atoms with van der Waals surface area (Å²) >= 11 is 6.05. The zero-order valence-electron chi connectivity index (χ0n) is 23.2. The van der Waals surface area contributed by atoms with Crippen LogP contribution in [0.15, 0.2) is 58.1 Å². The topological polar surface area (TPSA) is 167 Å². The van der Waals surface area contributed by atoms with Crippen LogP contribution in [0.2, 0.25) is 5.02 Å². The average Bonchev–Trinajstić information content (AvgIpc) is 3.76. The highest BCUT2D eigenvalue weighted by Gasteiger charge is 2.45. The SMILES string of the molecule is COc1nc(Nc2ccc(C(=O)NCC(C)(C)CNc3c(O)c(=O)c3=O)cc2)nc(NC2(c3ccc(Cl)cc3)CC2)n1. The lowest BCUT2D eigenvalue weighted by Crippen LogP contribution is -2.40. The van der Waals surface area contributed by atoms with Crippen LogP contribution in [0.3, 0.4) is 0 Å². The van der Waals surface area contributed by atoms with Crippen molar-refractivity contribution in [1.29, 1.82) is 0 Å². The Morgan fingerprint density at radius 3 is 2.26 bits per heavy atom.